The Hall–Kier alpha value is -3.62. The van der Waals surface area contributed by atoms with Crippen molar-refractivity contribution in [2.24, 2.45) is 5.92 Å². The molecule has 5 heterocycles. The summed E-state index contributed by atoms with van der Waals surface area (Å²) in [5.74, 6) is 0.934. The van der Waals surface area contributed by atoms with E-state index in [-0.39, 0.29) is 12.0 Å². The summed E-state index contributed by atoms with van der Waals surface area (Å²) in [6, 6.07) is 5.95. The molecule has 2 atom stereocenters. The number of fused-ring (bicyclic) bond motifs is 1. The second kappa shape index (κ2) is 8.14. The highest BCUT2D eigenvalue weighted by Crippen LogP contribution is 2.35. The predicted molar refractivity (Wildman–Crippen MR) is 119 cm³/mol. The highest BCUT2D eigenvalue weighted by Gasteiger charge is 2.30. The van der Waals surface area contributed by atoms with Crippen LogP contribution in [0.1, 0.15) is 36.3 Å². The molecule has 164 valence electrons. The molecule has 0 aromatic carbocycles. The molecular weight excluding hydrogens is 406 g/mol. The Morgan fingerprint density at radius 3 is 2.66 bits per heavy atom. The average molecular weight is 432 g/mol. The van der Waals surface area contributed by atoms with Crippen LogP contribution < -0.4 is 9.80 Å². The minimum absolute atomic E-state index is 0.0667. The maximum Gasteiger partial charge on any atom is 0.308 e. The lowest BCUT2D eigenvalue weighted by molar-refractivity contribution is -0.140. The van der Waals surface area contributed by atoms with Gasteiger partial charge in [0.2, 0.25) is 0 Å². The molecule has 1 N–H and O–H groups in total. The number of nitrogens with zero attached hydrogens (tertiary/aromatic N) is 7. The number of aromatic nitrogens is 5. The quantitative estimate of drug-likeness (QED) is 0.667. The second-order valence-corrected chi connectivity index (χ2v) is 8.38. The van der Waals surface area contributed by atoms with Crippen LogP contribution in [-0.2, 0) is 11.2 Å². The summed E-state index contributed by atoms with van der Waals surface area (Å²) in [5, 5.41) is 9.34. The van der Waals surface area contributed by atoms with E-state index in [1.165, 1.54) is 0 Å². The summed E-state index contributed by atoms with van der Waals surface area (Å²) in [7, 11) is 0. The molecule has 9 nitrogen and oxygen atoms in total. The van der Waals surface area contributed by atoms with Crippen molar-refractivity contribution in [3.8, 4) is 11.6 Å². The molecule has 0 radical (unpaired) electrons. The van der Waals surface area contributed by atoms with E-state index in [2.05, 4.69) is 37.7 Å². The molecule has 3 aromatic rings. The standard InChI is InChI=1S/C23H25N7O2/c1-14-10-17(29-8-4-16(13-29)23(31)32)11-20(27-14)30-9-5-19-18(15(30)2)12-26-22(28-19)21-24-6-3-7-25-21/h3,6-7,10-12,15-16H,4-5,8-9,13H2,1-2H3,(H,31,32). The van der Waals surface area contributed by atoms with Gasteiger partial charge in [-0.25, -0.2) is 24.9 Å². The fraction of sp³-hybridized carbons (Fsp3) is 0.391. The second-order valence-electron chi connectivity index (χ2n) is 8.38. The third-order valence-corrected chi connectivity index (χ3v) is 6.29. The molecule has 2 aliphatic rings. The van der Waals surface area contributed by atoms with Crippen LogP contribution in [0.25, 0.3) is 11.6 Å². The topological polar surface area (TPSA) is 108 Å². The van der Waals surface area contributed by atoms with Gasteiger partial charge in [0.05, 0.1) is 17.7 Å². The van der Waals surface area contributed by atoms with E-state index in [1.807, 2.05) is 19.2 Å². The Bertz CT molecular complexity index is 1150. The van der Waals surface area contributed by atoms with Gasteiger partial charge >= 0.3 is 5.97 Å². The van der Waals surface area contributed by atoms with Crippen LogP contribution in [0.3, 0.4) is 0 Å². The number of carboxylic acids is 1. The van der Waals surface area contributed by atoms with Crippen molar-refractivity contribution in [3.05, 3.63) is 53.7 Å². The van der Waals surface area contributed by atoms with Crippen molar-refractivity contribution in [1.29, 1.82) is 0 Å². The Morgan fingerprint density at radius 2 is 1.91 bits per heavy atom. The SMILES string of the molecule is Cc1cc(N2CCC(C(=O)O)C2)cc(N2CCc3nc(-c4ncccn4)ncc3C2C)n1. The number of hydrogen-bond donors (Lipinski definition) is 1. The first kappa shape index (κ1) is 20.3. The maximum absolute atomic E-state index is 11.4. The van der Waals surface area contributed by atoms with Gasteiger partial charge in [0.15, 0.2) is 11.6 Å². The summed E-state index contributed by atoms with van der Waals surface area (Å²) in [4.78, 5) is 38.3. The van der Waals surface area contributed by atoms with Crippen molar-refractivity contribution < 1.29 is 9.90 Å². The van der Waals surface area contributed by atoms with Crippen LogP contribution in [0.2, 0.25) is 0 Å². The molecule has 2 unspecified atom stereocenters. The van der Waals surface area contributed by atoms with E-state index in [0.717, 1.165) is 48.0 Å². The molecule has 0 aliphatic carbocycles. The van der Waals surface area contributed by atoms with Crippen LogP contribution in [0, 0.1) is 12.8 Å². The maximum atomic E-state index is 11.4. The molecule has 5 rings (SSSR count). The lowest BCUT2D eigenvalue weighted by Crippen LogP contribution is -2.35. The highest BCUT2D eigenvalue weighted by atomic mass is 16.4. The minimum atomic E-state index is -0.722. The summed E-state index contributed by atoms with van der Waals surface area (Å²) in [6.45, 7) is 6.19. The first-order valence-corrected chi connectivity index (χ1v) is 10.9. The van der Waals surface area contributed by atoms with Gasteiger partial charge in [0, 0.05) is 67.7 Å². The average Bonchev–Trinajstić information content (AvgIpc) is 3.30. The van der Waals surface area contributed by atoms with E-state index in [1.54, 1.807) is 18.5 Å². The van der Waals surface area contributed by atoms with Crippen LogP contribution in [0.4, 0.5) is 11.5 Å². The molecule has 0 bridgehead atoms. The van der Waals surface area contributed by atoms with Gasteiger partial charge in [0.25, 0.3) is 0 Å². The first-order chi connectivity index (χ1) is 15.5. The van der Waals surface area contributed by atoms with E-state index >= 15 is 0 Å². The molecule has 9 heteroatoms. The molecule has 0 saturated carbocycles. The summed E-state index contributed by atoms with van der Waals surface area (Å²) in [6.07, 6.45) is 6.70. The van der Waals surface area contributed by atoms with Crippen molar-refractivity contribution in [3.63, 3.8) is 0 Å². The van der Waals surface area contributed by atoms with E-state index in [9.17, 15) is 9.90 Å². The van der Waals surface area contributed by atoms with Crippen molar-refractivity contribution in [2.45, 2.75) is 32.7 Å². The Balaban J connectivity index is 1.41. The summed E-state index contributed by atoms with van der Waals surface area (Å²) in [5.41, 5.74) is 4.04. The Labute approximate surface area is 186 Å². The first-order valence-electron chi connectivity index (χ1n) is 10.9. The molecule has 0 spiro atoms. The number of aliphatic carboxylic acids is 1. The Morgan fingerprint density at radius 1 is 1.09 bits per heavy atom. The van der Waals surface area contributed by atoms with Crippen LogP contribution in [-0.4, -0.2) is 55.6 Å². The number of carboxylic acid groups (broad SMARTS) is 1. The van der Waals surface area contributed by atoms with Crippen LogP contribution >= 0.6 is 0 Å². The van der Waals surface area contributed by atoms with Gasteiger partial charge in [-0.15, -0.1) is 0 Å². The van der Waals surface area contributed by atoms with Crippen LogP contribution in [0.5, 0.6) is 0 Å². The Kier molecular flexibility index (Phi) is 5.16. The van der Waals surface area contributed by atoms with E-state index in [0.29, 0.717) is 24.6 Å². The zero-order valence-electron chi connectivity index (χ0n) is 18.1. The number of aryl methyl sites for hydroxylation is 1. The number of carbonyl (C=O) groups is 1. The van der Waals surface area contributed by atoms with Gasteiger partial charge in [-0.3, -0.25) is 4.79 Å². The smallest absolute Gasteiger partial charge is 0.308 e. The monoisotopic (exact) mass is 431 g/mol. The van der Waals surface area contributed by atoms with Crippen molar-refractivity contribution in [2.75, 3.05) is 29.4 Å². The fourth-order valence-corrected chi connectivity index (χ4v) is 4.56. The summed E-state index contributed by atoms with van der Waals surface area (Å²) >= 11 is 0. The lowest BCUT2D eigenvalue weighted by atomic mass is 9.99. The number of anilines is 2. The molecule has 2 aliphatic heterocycles. The largest absolute Gasteiger partial charge is 0.481 e. The number of hydrogen-bond acceptors (Lipinski definition) is 8. The normalized spacial score (nSPS) is 20.3. The highest BCUT2D eigenvalue weighted by molar-refractivity contribution is 5.72. The zero-order valence-corrected chi connectivity index (χ0v) is 18.1. The molecular formula is C23H25N7O2. The minimum Gasteiger partial charge on any atom is -0.481 e. The molecule has 1 saturated heterocycles. The predicted octanol–water partition coefficient (Wildman–Crippen LogP) is 2.67. The zero-order chi connectivity index (χ0) is 22.2. The van der Waals surface area contributed by atoms with Gasteiger partial charge in [-0.1, -0.05) is 0 Å². The summed E-state index contributed by atoms with van der Waals surface area (Å²) < 4.78 is 0. The molecule has 32 heavy (non-hydrogen) atoms. The van der Waals surface area contributed by atoms with E-state index in [4.69, 9.17) is 9.97 Å². The number of rotatable bonds is 4. The van der Waals surface area contributed by atoms with Crippen molar-refractivity contribution >= 4 is 17.5 Å². The van der Waals surface area contributed by atoms with Gasteiger partial charge in [-0.05, 0) is 32.4 Å². The molecule has 0 amide bonds. The molecule has 1 fully saturated rings. The third kappa shape index (κ3) is 3.74. The van der Waals surface area contributed by atoms with E-state index < -0.39 is 5.97 Å². The van der Waals surface area contributed by atoms with Gasteiger partial charge in [-0.2, -0.15) is 0 Å². The van der Waals surface area contributed by atoms with Gasteiger partial charge in [0.1, 0.15) is 5.82 Å². The fourth-order valence-electron chi connectivity index (χ4n) is 4.56. The van der Waals surface area contributed by atoms with Crippen LogP contribution in [0.15, 0.2) is 36.8 Å². The molecule has 3 aromatic heterocycles. The van der Waals surface area contributed by atoms with Crippen molar-refractivity contribution in [1.82, 2.24) is 24.9 Å². The van der Waals surface area contributed by atoms with Gasteiger partial charge < -0.3 is 14.9 Å². The third-order valence-electron chi connectivity index (χ3n) is 6.29. The number of pyridine rings is 1. The lowest BCUT2D eigenvalue weighted by Gasteiger charge is -2.36.